The molecule has 0 fully saturated rings. The number of carbonyl (C=O) groups excluding carboxylic acids is 1. The summed E-state index contributed by atoms with van der Waals surface area (Å²) in [6, 6.07) is 7.30. The van der Waals surface area contributed by atoms with E-state index in [4.69, 9.17) is 4.74 Å². The van der Waals surface area contributed by atoms with Crippen LogP contribution in [0.25, 0.3) is 0 Å². The van der Waals surface area contributed by atoms with Crippen molar-refractivity contribution in [2.45, 2.75) is 6.92 Å². The molecule has 2 rings (SSSR count). The van der Waals surface area contributed by atoms with Gasteiger partial charge in [-0.05, 0) is 25.1 Å². The van der Waals surface area contributed by atoms with Gasteiger partial charge in [0.1, 0.15) is 5.75 Å². The summed E-state index contributed by atoms with van der Waals surface area (Å²) in [6.45, 7) is 2.09. The van der Waals surface area contributed by atoms with E-state index in [0.717, 1.165) is 0 Å². The van der Waals surface area contributed by atoms with Crippen molar-refractivity contribution < 1.29 is 14.5 Å². The van der Waals surface area contributed by atoms with Crippen LogP contribution in [-0.4, -0.2) is 22.4 Å². The number of non-ortho nitro benzene ring substituents is 1. The van der Waals surface area contributed by atoms with Crippen LogP contribution in [-0.2, 0) is 0 Å². The van der Waals surface area contributed by atoms with Gasteiger partial charge < -0.3 is 10.1 Å². The zero-order chi connectivity index (χ0) is 15.2. The van der Waals surface area contributed by atoms with E-state index in [1.807, 2.05) is 0 Å². The summed E-state index contributed by atoms with van der Waals surface area (Å²) < 4.78 is 5.33. The van der Waals surface area contributed by atoms with Crippen LogP contribution in [0.4, 0.5) is 11.4 Å². The number of pyridine rings is 1. The maximum absolute atomic E-state index is 12.0. The molecule has 7 nitrogen and oxygen atoms in total. The van der Waals surface area contributed by atoms with E-state index in [1.54, 1.807) is 25.3 Å². The Labute approximate surface area is 120 Å². The van der Waals surface area contributed by atoms with Crippen LogP contribution in [0.1, 0.15) is 17.3 Å². The van der Waals surface area contributed by atoms with Gasteiger partial charge in [-0.25, -0.2) is 0 Å². The van der Waals surface area contributed by atoms with Gasteiger partial charge in [0.15, 0.2) is 0 Å². The van der Waals surface area contributed by atoms with Crippen LogP contribution in [0.5, 0.6) is 5.75 Å². The Kier molecular flexibility index (Phi) is 4.45. The number of hydrogen-bond donors (Lipinski definition) is 1. The predicted octanol–water partition coefficient (Wildman–Crippen LogP) is 2.64. The molecule has 0 radical (unpaired) electrons. The molecule has 21 heavy (non-hydrogen) atoms. The average Bonchev–Trinajstić information content (AvgIpc) is 2.50. The zero-order valence-corrected chi connectivity index (χ0v) is 11.3. The number of hydrogen-bond acceptors (Lipinski definition) is 5. The van der Waals surface area contributed by atoms with Crippen molar-refractivity contribution in [3.05, 3.63) is 58.4 Å². The molecular weight excluding hydrogens is 274 g/mol. The van der Waals surface area contributed by atoms with Crippen LogP contribution in [0.15, 0.2) is 42.7 Å². The molecule has 1 aromatic carbocycles. The first kappa shape index (κ1) is 14.4. The Morgan fingerprint density at radius 1 is 1.43 bits per heavy atom. The predicted molar refractivity (Wildman–Crippen MR) is 76.5 cm³/mol. The minimum absolute atomic E-state index is 0.0992. The number of anilines is 1. The average molecular weight is 287 g/mol. The molecule has 1 N–H and O–H groups in total. The molecule has 1 aromatic heterocycles. The second-order valence-corrected chi connectivity index (χ2v) is 4.07. The first-order valence-corrected chi connectivity index (χ1v) is 6.24. The van der Waals surface area contributed by atoms with Gasteiger partial charge in [0.2, 0.25) is 0 Å². The molecule has 1 amide bonds. The smallest absolute Gasteiger partial charge is 0.273 e. The molecule has 2 aromatic rings. The summed E-state index contributed by atoms with van der Waals surface area (Å²) in [7, 11) is 0. The Balaban J connectivity index is 2.26. The van der Waals surface area contributed by atoms with Gasteiger partial charge in [0.25, 0.3) is 11.6 Å². The standard InChI is InChI=1S/C14H13N3O4/c1-2-21-13-8-11(17(19)20)5-6-12(13)16-14(18)10-4-3-7-15-9-10/h3-9H,2H2,1H3,(H,16,18). The van der Waals surface area contributed by atoms with E-state index < -0.39 is 4.92 Å². The van der Waals surface area contributed by atoms with Gasteiger partial charge in [0, 0.05) is 18.5 Å². The van der Waals surface area contributed by atoms with E-state index >= 15 is 0 Å². The molecule has 0 saturated heterocycles. The number of aromatic nitrogens is 1. The van der Waals surface area contributed by atoms with E-state index in [0.29, 0.717) is 17.9 Å². The van der Waals surface area contributed by atoms with E-state index in [2.05, 4.69) is 10.3 Å². The summed E-state index contributed by atoms with van der Waals surface area (Å²) in [5.41, 5.74) is 0.660. The number of ether oxygens (including phenoxy) is 1. The largest absolute Gasteiger partial charge is 0.491 e. The number of nitro groups is 1. The molecule has 0 aliphatic heterocycles. The van der Waals surface area contributed by atoms with E-state index in [9.17, 15) is 14.9 Å². The third kappa shape index (κ3) is 3.53. The number of amides is 1. The molecule has 1 heterocycles. The van der Waals surface area contributed by atoms with Crippen LogP contribution < -0.4 is 10.1 Å². The van der Waals surface area contributed by atoms with Crippen molar-refractivity contribution in [2.75, 3.05) is 11.9 Å². The molecule has 108 valence electrons. The monoisotopic (exact) mass is 287 g/mol. The summed E-state index contributed by atoms with van der Waals surface area (Å²) in [5.74, 6) is -0.109. The van der Waals surface area contributed by atoms with Crippen molar-refractivity contribution in [1.82, 2.24) is 4.98 Å². The fourth-order valence-electron chi connectivity index (χ4n) is 1.69. The van der Waals surface area contributed by atoms with Crippen molar-refractivity contribution in [1.29, 1.82) is 0 Å². The molecule has 0 spiro atoms. The number of nitro benzene ring substituents is 1. The minimum Gasteiger partial charge on any atom is -0.491 e. The van der Waals surface area contributed by atoms with Gasteiger partial charge in [-0.15, -0.1) is 0 Å². The summed E-state index contributed by atoms with van der Waals surface area (Å²) >= 11 is 0. The third-order valence-electron chi connectivity index (χ3n) is 2.65. The molecule has 0 bridgehead atoms. The summed E-state index contributed by atoms with van der Waals surface area (Å²) in [6.07, 6.45) is 3.00. The number of nitrogens with zero attached hydrogens (tertiary/aromatic N) is 2. The SMILES string of the molecule is CCOc1cc([N+](=O)[O-])ccc1NC(=O)c1cccnc1. The quantitative estimate of drug-likeness (QED) is 0.673. The van der Waals surface area contributed by atoms with Gasteiger partial charge in [-0.3, -0.25) is 19.9 Å². The highest BCUT2D eigenvalue weighted by Crippen LogP contribution is 2.29. The number of carbonyl (C=O) groups is 1. The number of nitrogens with one attached hydrogen (secondary N) is 1. The lowest BCUT2D eigenvalue weighted by Gasteiger charge is -2.11. The zero-order valence-electron chi connectivity index (χ0n) is 11.3. The van der Waals surface area contributed by atoms with Gasteiger partial charge in [-0.2, -0.15) is 0 Å². The minimum atomic E-state index is -0.519. The Hall–Kier alpha value is -2.96. The summed E-state index contributed by atoms with van der Waals surface area (Å²) in [4.78, 5) is 26.2. The normalized spacial score (nSPS) is 9.95. The molecule has 0 saturated carbocycles. The Morgan fingerprint density at radius 2 is 2.24 bits per heavy atom. The lowest BCUT2D eigenvalue weighted by atomic mass is 10.2. The number of benzene rings is 1. The van der Waals surface area contributed by atoms with E-state index in [1.165, 1.54) is 24.4 Å². The van der Waals surface area contributed by atoms with Crippen molar-refractivity contribution in [2.24, 2.45) is 0 Å². The lowest BCUT2D eigenvalue weighted by Crippen LogP contribution is -2.13. The maximum Gasteiger partial charge on any atom is 0.273 e. The fraction of sp³-hybridized carbons (Fsp3) is 0.143. The highest BCUT2D eigenvalue weighted by atomic mass is 16.6. The Bertz CT molecular complexity index is 659. The molecular formula is C14H13N3O4. The van der Waals surface area contributed by atoms with Crippen LogP contribution in [0.3, 0.4) is 0 Å². The second-order valence-electron chi connectivity index (χ2n) is 4.07. The highest BCUT2D eigenvalue weighted by Gasteiger charge is 2.14. The van der Waals surface area contributed by atoms with Gasteiger partial charge in [-0.1, -0.05) is 0 Å². The van der Waals surface area contributed by atoms with Gasteiger partial charge >= 0.3 is 0 Å². The first-order chi connectivity index (χ1) is 10.1. The van der Waals surface area contributed by atoms with Crippen LogP contribution in [0, 0.1) is 10.1 Å². The highest BCUT2D eigenvalue weighted by molar-refractivity contribution is 6.04. The van der Waals surface area contributed by atoms with Crippen LogP contribution >= 0.6 is 0 Å². The molecule has 0 unspecified atom stereocenters. The van der Waals surface area contributed by atoms with Crippen molar-refractivity contribution in [3.63, 3.8) is 0 Å². The van der Waals surface area contributed by atoms with Gasteiger partial charge in [0.05, 0.1) is 28.8 Å². The molecule has 7 heteroatoms. The maximum atomic E-state index is 12.0. The first-order valence-electron chi connectivity index (χ1n) is 6.24. The lowest BCUT2D eigenvalue weighted by molar-refractivity contribution is -0.384. The third-order valence-corrected chi connectivity index (χ3v) is 2.65. The molecule has 0 aliphatic rings. The van der Waals surface area contributed by atoms with E-state index in [-0.39, 0.29) is 17.3 Å². The Morgan fingerprint density at radius 3 is 2.86 bits per heavy atom. The van der Waals surface area contributed by atoms with Crippen molar-refractivity contribution in [3.8, 4) is 5.75 Å². The summed E-state index contributed by atoms with van der Waals surface area (Å²) in [5, 5.41) is 13.4. The molecule has 0 atom stereocenters. The number of rotatable bonds is 5. The van der Waals surface area contributed by atoms with Crippen molar-refractivity contribution >= 4 is 17.3 Å². The second kappa shape index (κ2) is 6.47. The fourth-order valence-corrected chi connectivity index (χ4v) is 1.69. The topological polar surface area (TPSA) is 94.4 Å². The molecule has 0 aliphatic carbocycles. The van der Waals surface area contributed by atoms with Crippen LogP contribution in [0.2, 0.25) is 0 Å².